The Morgan fingerprint density at radius 1 is 0.962 bits per heavy atom. The van der Waals surface area contributed by atoms with Crippen LogP contribution in [-0.2, 0) is 6.54 Å². The first-order chi connectivity index (χ1) is 12.6. The number of fused-ring (bicyclic) bond motifs is 10. The third-order valence-corrected chi connectivity index (χ3v) is 5.59. The molecule has 126 valence electrons. The first-order valence-electron chi connectivity index (χ1n) is 8.27. The van der Waals surface area contributed by atoms with Gasteiger partial charge in [0.2, 0.25) is 0 Å². The number of benzene rings is 3. The van der Waals surface area contributed by atoms with Crippen LogP contribution in [-0.4, -0.2) is 15.9 Å². The van der Waals surface area contributed by atoms with Gasteiger partial charge in [-0.05, 0) is 23.8 Å². The van der Waals surface area contributed by atoms with Crippen LogP contribution in [0.15, 0.2) is 36.4 Å². The minimum Gasteiger partial charge on any atom is -0.353 e. The van der Waals surface area contributed by atoms with Crippen LogP contribution >= 0.6 is 11.6 Å². The Balaban J connectivity index is 1.97. The number of nitrogens with one attached hydrogen (secondary N) is 3. The number of para-hydroxylation sites is 1. The second-order valence-corrected chi connectivity index (χ2v) is 7.05. The van der Waals surface area contributed by atoms with E-state index in [0.29, 0.717) is 23.0 Å². The summed E-state index contributed by atoms with van der Waals surface area (Å²) in [5.74, 6) is -0.627. The molecule has 5 aromatic rings. The molecule has 4 nitrogen and oxygen atoms in total. The number of hydrogen-bond donors (Lipinski definition) is 3. The highest BCUT2D eigenvalue weighted by Crippen LogP contribution is 2.42. The molecule has 0 radical (unpaired) electrons. The number of halogens is 2. The molecule has 26 heavy (non-hydrogen) atoms. The molecule has 6 heteroatoms. The average molecular weight is 364 g/mol. The number of aromatic amines is 2. The average Bonchev–Trinajstić information content (AvgIpc) is 3.29. The summed E-state index contributed by atoms with van der Waals surface area (Å²) in [5, 5.41) is 6.47. The highest BCUT2D eigenvalue weighted by Gasteiger charge is 2.29. The molecule has 0 saturated heterocycles. The van der Waals surface area contributed by atoms with Crippen molar-refractivity contribution in [2.45, 2.75) is 6.54 Å². The molecule has 3 aromatic carbocycles. The number of rotatable bonds is 0. The highest BCUT2D eigenvalue weighted by atomic mass is 35.5. The summed E-state index contributed by atoms with van der Waals surface area (Å²) >= 11 is 5.96. The summed E-state index contributed by atoms with van der Waals surface area (Å²) in [4.78, 5) is 19.4. The van der Waals surface area contributed by atoms with Crippen molar-refractivity contribution in [3.8, 4) is 0 Å². The lowest BCUT2D eigenvalue weighted by Crippen LogP contribution is -2.12. The van der Waals surface area contributed by atoms with Gasteiger partial charge in [-0.25, -0.2) is 4.39 Å². The van der Waals surface area contributed by atoms with E-state index in [4.69, 9.17) is 11.6 Å². The minimum absolute atomic E-state index is 0.0537. The molecule has 6 rings (SSSR count). The zero-order chi connectivity index (χ0) is 17.6. The fourth-order valence-corrected chi connectivity index (χ4v) is 4.40. The third-order valence-electron chi connectivity index (χ3n) is 5.30. The first-order valence-corrected chi connectivity index (χ1v) is 8.65. The van der Waals surface area contributed by atoms with Gasteiger partial charge in [0.15, 0.2) is 0 Å². The summed E-state index contributed by atoms with van der Waals surface area (Å²) in [6.45, 7) is 0.463. The van der Waals surface area contributed by atoms with Gasteiger partial charge in [-0.3, -0.25) is 4.79 Å². The zero-order valence-corrected chi connectivity index (χ0v) is 14.1. The van der Waals surface area contributed by atoms with Gasteiger partial charge in [0.25, 0.3) is 5.91 Å². The topological polar surface area (TPSA) is 60.7 Å². The Morgan fingerprint density at radius 3 is 2.62 bits per heavy atom. The van der Waals surface area contributed by atoms with Gasteiger partial charge in [-0.2, -0.15) is 0 Å². The lowest BCUT2D eigenvalue weighted by Gasteiger charge is -2.04. The predicted molar refractivity (Wildman–Crippen MR) is 101 cm³/mol. The summed E-state index contributed by atoms with van der Waals surface area (Å²) < 4.78 is 14.1. The van der Waals surface area contributed by atoms with Gasteiger partial charge < -0.3 is 15.3 Å². The van der Waals surface area contributed by atoms with E-state index < -0.39 is 5.82 Å². The van der Waals surface area contributed by atoms with Gasteiger partial charge in [-0.15, -0.1) is 0 Å². The van der Waals surface area contributed by atoms with Gasteiger partial charge >= 0.3 is 0 Å². The number of carbonyl (C=O) groups is 1. The Hall–Kier alpha value is -3.05. The maximum atomic E-state index is 14.1. The molecule has 0 bridgehead atoms. The van der Waals surface area contributed by atoms with Crippen molar-refractivity contribution in [1.29, 1.82) is 0 Å². The van der Waals surface area contributed by atoms with Crippen LogP contribution in [0, 0.1) is 5.82 Å². The second-order valence-electron chi connectivity index (χ2n) is 6.64. The minimum atomic E-state index is -0.496. The van der Waals surface area contributed by atoms with Crippen LogP contribution in [0.5, 0.6) is 0 Å². The van der Waals surface area contributed by atoms with E-state index in [2.05, 4.69) is 15.3 Å². The van der Waals surface area contributed by atoms with Crippen molar-refractivity contribution in [3.05, 3.63) is 58.4 Å². The second kappa shape index (κ2) is 4.56. The summed E-state index contributed by atoms with van der Waals surface area (Å²) in [6, 6.07) is 11.0. The highest BCUT2D eigenvalue weighted by molar-refractivity contribution is 6.33. The molecular formula is C20H11ClFN3O. The maximum Gasteiger partial charge on any atom is 0.252 e. The van der Waals surface area contributed by atoms with Crippen LogP contribution in [0.25, 0.3) is 43.6 Å². The molecule has 3 heterocycles. The molecule has 0 unspecified atom stereocenters. The van der Waals surface area contributed by atoms with Crippen LogP contribution < -0.4 is 5.32 Å². The molecule has 2 aromatic heterocycles. The number of H-pyrrole nitrogens is 2. The Labute approximate surface area is 150 Å². The van der Waals surface area contributed by atoms with Crippen molar-refractivity contribution in [2.24, 2.45) is 0 Å². The molecule has 0 atom stereocenters. The van der Waals surface area contributed by atoms with Gasteiger partial charge in [-0.1, -0.05) is 29.8 Å². The summed E-state index contributed by atoms with van der Waals surface area (Å²) in [7, 11) is 0. The molecule has 0 saturated carbocycles. The molecule has 0 aliphatic carbocycles. The molecule has 0 spiro atoms. The molecule has 1 aliphatic heterocycles. The molecule has 0 fully saturated rings. The van der Waals surface area contributed by atoms with Gasteiger partial charge in [0.05, 0.1) is 21.6 Å². The first kappa shape index (κ1) is 14.2. The van der Waals surface area contributed by atoms with Crippen LogP contribution in [0.4, 0.5) is 4.39 Å². The Bertz CT molecular complexity index is 1430. The van der Waals surface area contributed by atoms with Crippen molar-refractivity contribution >= 4 is 61.1 Å². The van der Waals surface area contributed by atoms with E-state index in [1.807, 2.05) is 24.3 Å². The summed E-state index contributed by atoms with van der Waals surface area (Å²) in [6.07, 6.45) is 0. The van der Waals surface area contributed by atoms with E-state index in [-0.39, 0.29) is 10.9 Å². The normalized spacial score (nSPS) is 14.0. The molecule has 1 amide bonds. The van der Waals surface area contributed by atoms with Crippen molar-refractivity contribution in [1.82, 2.24) is 15.3 Å². The van der Waals surface area contributed by atoms with Gasteiger partial charge in [0, 0.05) is 39.1 Å². The third kappa shape index (κ3) is 1.57. The quantitative estimate of drug-likeness (QED) is 0.356. The monoisotopic (exact) mass is 363 g/mol. The van der Waals surface area contributed by atoms with E-state index in [0.717, 1.165) is 38.3 Å². The van der Waals surface area contributed by atoms with Crippen molar-refractivity contribution < 1.29 is 9.18 Å². The molecule has 1 aliphatic rings. The fraction of sp³-hybridized carbons (Fsp3) is 0.0500. The lowest BCUT2D eigenvalue weighted by molar-refractivity contribution is 0.0967. The van der Waals surface area contributed by atoms with Crippen molar-refractivity contribution in [2.75, 3.05) is 0 Å². The van der Waals surface area contributed by atoms with Crippen LogP contribution in [0.1, 0.15) is 15.9 Å². The van der Waals surface area contributed by atoms with Gasteiger partial charge in [0.1, 0.15) is 5.82 Å². The number of hydrogen-bond acceptors (Lipinski definition) is 1. The molecular weight excluding hydrogens is 353 g/mol. The van der Waals surface area contributed by atoms with E-state index in [1.54, 1.807) is 6.07 Å². The van der Waals surface area contributed by atoms with E-state index >= 15 is 0 Å². The number of amides is 1. The van der Waals surface area contributed by atoms with E-state index in [1.165, 1.54) is 6.07 Å². The fourth-order valence-electron chi connectivity index (χ4n) is 4.24. The summed E-state index contributed by atoms with van der Waals surface area (Å²) in [5.41, 5.74) is 4.99. The predicted octanol–water partition coefficient (Wildman–Crippen LogP) is 4.99. The van der Waals surface area contributed by atoms with Crippen LogP contribution in [0.3, 0.4) is 0 Å². The largest absolute Gasteiger partial charge is 0.353 e. The maximum absolute atomic E-state index is 14.1. The number of aromatic nitrogens is 2. The van der Waals surface area contributed by atoms with Crippen LogP contribution in [0.2, 0.25) is 5.02 Å². The Morgan fingerprint density at radius 2 is 1.73 bits per heavy atom. The standard InChI is InChI=1S/C20H11ClFN3O/c21-11-6-14-9(5-12(11)22)16-17-10(7-23-20(17)26)15-8-3-1-2-4-13(8)24-18(15)19(16)25-14/h1-6,24-25H,7H2,(H,23,26). The Kier molecular flexibility index (Phi) is 2.48. The zero-order valence-electron chi connectivity index (χ0n) is 13.3. The lowest BCUT2D eigenvalue weighted by atomic mass is 9.97. The smallest absolute Gasteiger partial charge is 0.252 e. The molecule has 3 N–H and O–H groups in total. The SMILES string of the molecule is O=C1NCc2c1c1c3cc(F)c(Cl)cc3[nH]c1c1[nH]c3ccccc3c21. The van der Waals surface area contributed by atoms with E-state index in [9.17, 15) is 9.18 Å². The number of carbonyl (C=O) groups excluding carboxylic acids is 1. The van der Waals surface area contributed by atoms with Crippen molar-refractivity contribution in [3.63, 3.8) is 0 Å².